The van der Waals surface area contributed by atoms with Gasteiger partial charge in [-0.2, -0.15) is 0 Å². The number of Topliss-reactive ketones (excluding diaryl/α,β-unsaturated/α-hetero) is 1. The second-order valence-electron chi connectivity index (χ2n) is 11.6. The lowest BCUT2D eigenvalue weighted by atomic mass is 9.77. The van der Waals surface area contributed by atoms with Crippen molar-refractivity contribution in [2.75, 3.05) is 26.2 Å². The summed E-state index contributed by atoms with van der Waals surface area (Å²) in [6.45, 7) is 10.2. The number of amides is 1. The van der Waals surface area contributed by atoms with E-state index in [1.807, 2.05) is 6.92 Å². The Morgan fingerprint density at radius 1 is 0.743 bits per heavy atom. The van der Waals surface area contributed by atoms with Crippen LogP contribution in [0, 0.1) is 11.8 Å². The molecule has 0 radical (unpaired) electrons. The standard InChI is InChI=1S/C31H58N2O2/c1-4-7-9-11-13-15-17-21-32(22-18-16-14-12-10-8-5-2)26-30(34)24-27-19-20-29-23-28(27)25-33(29)31(35)6-3/h27-29H,4-26H2,1-3H3. The smallest absolute Gasteiger partial charge is 0.222 e. The number of fused-ring (bicyclic) bond motifs is 2. The minimum absolute atomic E-state index is 0.306. The molecule has 0 aromatic rings. The van der Waals surface area contributed by atoms with Gasteiger partial charge in [0.15, 0.2) is 0 Å². The second-order valence-corrected chi connectivity index (χ2v) is 11.6. The number of hydrogen-bond donors (Lipinski definition) is 0. The van der Waals surface area contributed by atoms with Crippen LogP contribution < -0.4 is 0 Å². The van der Waals surface area contributed by atoms with Crippen LogP contribution >= 0.6 is 0 Å². The molecule has 4 nitrogen and oxygen atoms in total. The number of nitrogens with zero attached hydrogens (tertiary/aromatic N) is 2. The first kappa shape index (κ1) is 30.3. The molecule has 3 atom stereocenters. The molecule has 0 aromatic heterocycles. The SMILES string of the molecule is CCCCCCCCCN(CCCCCCCCC)CC(=O)CC1CCC2CC1CN2C(=O)CC. The third-order valence-electron chi connectivity index (χ3n) is 8.65. The number of likely N-dealkylation sites (tertiary alicyclic amines) is 1. The second kappa shape index (κ2) is 18.4. The summed E-state index contributed by atoms with van der Waals surface area (Å²) in [5.74, 6) is 1.79. The van der Waals surface area contributed by atoms with Crippen molar-refractivity contribution < 1.29 is 9.59 Å². The van der Waals surface area contributed by atoms with Crippen molar-refractivity contribution in [1.29, 1.82) is 0 Å². The van der Waals surface area contributed by atoms with Crippen LogP contribution in [-0.4, -0.2) is 53.7 Å². The fourth-order valence-corrected chi connectivity index (χ4v) is 6.45. The van der Waals surface area contributed by atoms with Gasteiger partial charge < -0.3 is 4.90 Å². The molecule has 4 heteroatoms. The van der Waals surface area contributed by atoms with Crippen LogP contribution in [-0.2, 0) is 9.59 Å². The topological polar surface area (TPSA) is 40.6 Å². The molecule has 2 bridgehead atoms. The zero-order chi connectivity index (χ0) is 25.3. The van der Waals surface area contributed by atoms with Crippen LogP contribution in [0.3, 0.4) is 0 Å². The van der Waals surface area contributed by atoms with E-state index in [-0.39, 0.29) is 0 Å². The van der Waals surface area contributed by atoms with Crippen molar-refractivity contribution in [2.45, 2.75) is 149 Å². The molecule has 1 saturated carbocycles. The molecule has 3 unspecified atom stereocenters. The summed E-state index contributed by atoms with van der Waals surface area (Å²) >= 11 is 0. The lowest BCUT2D eigenvalue weighted by molar-refractivity contribution is -0.131. The maximum Gasteiger partial charge on any atom is 0.222 e. The zero-order valence-corrected chi connectivity index (χ0v) is 23.7. The number of rotatable bonds is 21. The molecule has 2 fully saturated rings. The summed E-state index contributed by atoms with van der Waals surface area (Å²) in [5, 5.41) is 0. The number of carbonyl (C=O) groups excluding carboxylic acids is 2. The van der Waals surface area contributed by atoms with Crippen LogP contribution in [0.4, 0.5) is 0 Å². The highest BCUT2D eigenvalue weighted by Gasteiger charge is 2.42. The summed E-state index contributed by atoms with van der Waals surface area (Å²) in [7, 11) is 0. The van der Waals surface area contributed by atoms with E-state index in [2.05, 4.69) is 23.6 Å². The molecule has 2 aliphatic rings. The highest BCUT2D eigenvalue weighted by atomic mass is 16.2. The summed E-state index contributed by atoms with van der Waals surface area (Å²) in [6.07, 6.45) is 23.3. The Morgan fingerprint density at radius 3 is 1.83 bits per heavy atom. The highest BCUT2D eigenvalue weighted by molar-refractivity contribution is 5.81. The van der Waals surface area contributed by atoms with Gasteiger partial charge in [-0.05, 0) is 57.0 Å². The summed E-state index contributed by atoms with van der Waals surface area (Å²) < 4.78 is 0. The largest absolute Gasteiger partial charge is 0.339 e. The highest BCUT2D eigenvalue weighted by Crippen LogP contribution is 2.41. The Morgan fingerprint density at radius 2 is 1.29 bits per heavy atom. The van der Waals surface area contributed by atoms with Crippen molar-refractivity contribution >= 4 is 11.7 Å². The van der Waals surface area contributed by atoms with Gasteiger partial charge in [0.25, 0.3) is 0 Å². The summed E-state index contributed by atoms with van der Waals surface area (Å²) in [6, 6.07) is 0.449. The third-order valence-corrected chi connectivity index (χ3v) is 8.65. The van der Waals surface area contributed by atoms with E-state index in [1.54, 1.807) is 0 Å². The van der Waals surface area contributed by atoms with E-state index < -0.39 is 0 Å². The quantitative estimate of drug-likeness (QED) is 0.154. The van der Waals surface area contributed by atoms with Gasteiger partial charge in [-0.25, -0.2) is 0 Å². The minimum atomic E-state index is 0.306. The fourth-order valence-electron chi connectivity index (χ4n) is 6.45. The van der Waals surface area contributed by atoms with Crippen LogP contribution in [0.25, 0.3) is 0 Å². The fraction of sp³-hybridized carbons (Fsp3) is 0.935. The molecule has 1 aliphatic heterocycles. The van der Waals surface area contributed by atoms with Crippen LogP contribution in [0.5, 0.6) is 0 Å². The Bertz CT molecular complexity index is 560. The minimum Gasteiger partial charge on any atom is -0.339 e. The molecular formula is C31H58N2O2. The van der Waals surface area contributed by atoms with E-state index in [9.17, 15) is 9.59 Å². The van der Waals surface area contributed by atoms with E-state index in [1.165, 1.54) is 89.9 Å². The number of hydrogen-bond acceptors (Lipinski definition) is 3. The molecular weight excluding hydrogens is 432 g/mol. The Kier molecular flexibility index (Phi) is 15.9. The van der Waals surface area contributed by atoms with Crippen molar-refractivity contribution in [3.05, 3.63) is 0 Å². The van der Waals surface area contributed by atoms with Gasteiger partial charge in [0.1, 0.15) is 5.78 Å². The molecule has 204 valence electrons. The number of carbonyl (C=O) groups is 2. The summed E-state index contributed by atoms with van der Waals surface area (Å²) in [4.78, 5) is 30.0. The summed E-state index contributed by atoms with van der Waals surface area (Å²) in [5.41, 5.74) is 0. The Balaban J connectivity index is 1.74. The molecule has 0 spiro atoms. The van der Waals surface area contributed by atoms with Crippen LogP contribution in [0.15, 0.2) is 0 Å². The maximum absolute atomic E-state index is 13.2. The van der Waals surface area contributed by atoms with E-state index in [0.717, 1.165) is 45.3 Å². The third kappa shape index (κ3) is 11.8. The first-order chi connectivity index (χ1) is 17.1. The molecule has 1 heterocycles. The molecule has 0 N–H and O–H groups in total. The predicted octanol–water partition coefficient (Wildman–Crippen LogP) is 7.79. The zero-order valence-electron chi connectivity index (χ0n) is 23.7. The van der Waals surface area contributed by atoms with E-state index >= 15 is 0 Å². The Hall–Kier alpha value is -0.900. The van der Waals surface area contributed by atoms with Gasteiger partial charge in [0, 0.05) is 25.4 Å². The molecule has 0 aromatic carbocycles. The van der Waals surface area contributed by atoms with Crippen molar-refractivity contribution in [3.8, 4) is 0 Å². The predicted molar refractivity (Wildman–Crippen MR) is 149 cm³/mol. The average Bonchev–Trinajstić information content (AvgIpc) is 3.21. The lowest BCUT2D eigenvalue weighted by Crippen LogP contribution is -2.34. The van der Waals surface area contributed by atoms with E-state index in [0.29, 0.717) is 42.5 Å². The molecule has 1 amide bonds. The van der Waals surface area contributed by atoms with Gasteiger partial charge in [-0.1, -0.05) is 97.8 Å². The van der Waals surface area contributed by atoms with Gasteiger partial charge in [0.05, 0.1) is 6.54 Å². The first-order valence-electron chi connectivity index (χ1n) is 15.6. The number of unbranched alkanes of at least 4 members (excludes halogenated alkanes) is 12. The van der Waals surface area contributed by atoms with Crippen molar-refractivity contribution in [3.63, 3.8) is 0 Å². The molecule has 1 aliphatic carbocycles. The van der Waals surface area contributed by atoms with E-state index in [4.69, 9.17) is 0 Å². The molecule has 35 heavy (non-hydrogen) atoms. The van der Waals surface area contributed by atoms with Crippen molar-refractivity contribution in [1.82, 2.24) is 9.80 Å². The van der Waals surface area contributed by atoms with Gasteiger partial charge in [-0.15, -0.1) is 0 Å². The van der Waals surface area contributed by atoms with Gasteiger partial charge >= 0.3 is 0 Å². The van der Waals surface area contributed by atoms with Gasteiger partial charge in [0.2, 0.25) is 5.91 Å². The first-order valence-corrected chi connectivity index (χ1v) is 15.6. The molecule has 1 saturated heterocycles. The molecule has 2 rings (SSSR count). The van der Waals surface area contributed by atoms with Crippen LogP contribution in [0.1, 0.15) is 143 Å². The van der Waals surface area contributed by atoms with Crippen LogP contribution in [0.2, 0.25) is 0 Å². The average molecular weight is 491 g/mol. The lowest BCUT2D eigenvalue weighted by Gasteiger charge is -2.29. The Labute approximate surface area is 218 Å². The monoisotopic (exact) mass is 490 g/mol. The maximum atomic E-state index is 13.2. The van der Waals surface area contributed by atoms with Gasteiger partial charge in [-0.3, -0.25) is 14.5 Å². The normalized spacial score (nSPS) is 21.7. The van der Waals surface area contributed by atoms with Crippen molar-refractivity contribution in [2.24, 2.45) is 11.8 Å². The number of ketones is 1.